The van der Waals surface area contributed by atoms with Gasteiger partial charge in [0.1, 0.15) is 12.9 Å². The van der Waals surface area contributed by atoms with E-state index in [0.29, 0.717) is 0 Å². The molecular formula is C6H10N3O5P. The van der Waals surface area contributed by atoms with Gasteiger partial charge in [0.05, 0.1) is 6.61 Å². The van der Waals surface area contributed by atoms with Crippen molar-refractivity contribution in [2.75, 3.05) is 13.2 Å². The number of carbonyl (C=O) groups excluding carboxylic acids is 1. The minimum absolute atomic E-state index is 0.186. The molecule has 1 heterocycles. The molecule has 1 amide bonds. The van der Waals surface area contributed by atoms with Crippen LogP contribution in [-0.4, -0.2) is 33.5 Å². The summed E-state index contributed by atoms with van der Waals surface area (Å²) < 4.78 is 21.3. The summed E-state index contributed by atoms with van der Waals surface area (Å²) in [6.45, 7) is -0.413. The Morgan fingerprint density at radius 3 is 2.87 bits per heavy atom. The van der Waals surface area contributed by atoms with Crippen molar-refractivity contribution >= 4 is 13.8 Å². The molecule has 1 atom stereocenters. The first-order valence-electron chi connectivity index (χ1n) is 3.91. The summed E-state index contributed by atoms with van der Waals surface area (Å²) in [6.07, 6.45) is 2.81. The van der Waals surface area contributed by atoms with Crippen molar-refractivity contribution in [3.63, 3.8) is 0 Å². The average molecular weight is 235 g/mol. The smallest absolute Gasteiger partial charge is 0.437 e. The monoisotopic (exact) mass is 235 g/mol. The Bertz CT molecular complexity index is 365. The molecule has 1 aromatic heterocycles. The van der Waals surface area contributed by atoms with Crippen LogP contribution in [0.25, 0.3) is 0 Å². The van der Waals surface area contributed by atoms with E-state index in [2.05, 4.69) is 20.0 Å². The first kappa shape index (κ1) is 11.7. The van der Waals surface area contributed by atoms with Crippen LogP contribution in [0.15, 0.2) is 18.7 Å². The van der Waals surface area contributed by atoms with Crippen molar-refractivity contribution in [3.8, 4) is 0 Å². The van der Waals surface area contributed by atoms with E-state index in [1.807, 2.05) is 0 Å². The molecule has 1 aromatic rings. The summed E-state index contributed by atoms with van der Waals surface area (Å²) >= 11 is 0. The van der Waals surface area contributed by atoms with E-state index in [9.17, 15) is 14.3 Å². The summed E-state index contributed by atoms with van der Waals surface area (Å²) in [5.74, 6) is 0. The number of aromatic nitrogens is 2. The van der Waals surface area contributed by atoms with Crippen LogP contribution in [0.3, 0.4) is 0 Å². The van der Waals surface area contributed by atoms with Crippen LogP contribution in [0.2, 0.25) is 0 Å². The van der Waals surface area contributed by atoms with E-state index in [1.165, 1.54) is 12.4 Å². The maximum absolute atomic E-state index is 11.4. The quantitative estimate of drug-likeness (QED) is 0.545. The number of amides is 1. The largest absolute Gasteiger partial charge is 0.447 e. The van der Waals surface area contributed by atoms with Gasteiger partial charge in [-0.05, 0) is 0 Å². The molecule has 9 heteroatoms. The predicted molar refractivity (Wildman–Crippen MR) is 48.9 cm³/mol. The van der Waals surface area contributed by atoms with Crippen LogP contribution >= 0.6 is 7.75 Å². The molecule has 0 aliphatic heterocycles. The van der Waals surface area contributed by atoms with Gasteiger partial charge in [-0.1, -0.05) is 0 Å². The van der Waals surface area contributed by atoms with Gasteiger partial charge in [-0.25, -0.2) is 18.7 Å². The van der Waals surface area contributed by atoms with E-state index in [4.69, 9.17) is 0 Å². The number of carbonyl (C=O) groups is 1. The topological polar surface area (TPSA) is 117 Å². The Labute approximate surface area is 85.2 Å². The zero-order chi connectivity index (χ0) is 11.3. The van der Waals surface area contributed by atoms with Gasteiger partial charge in [0.2, 0.25) is 0 Å². The van der Waals surface area contributed by atoms with Gasteiger partial charge < -0.3 is 15.4 Å². The molecule has 84 valence electrons. The molecule has 0 saturated heterocycles. The van der Waals surface area contributed by atoms with Gasteiger partial charge in [-0.3, -0.25) is 4.52 Å². The molecule has 0 bridgehead atoms. The Morgan fingerprint density at radius 2 is 2.33 bits per heavy atom. The van der Waals surface area contributed by atoms with Crippen LogP contribution in [-0.2, 0) is 13.8 Å². The molecule has 1 rings (SSSR count). The number of hydrogen-bond donors (Lipinski definition) is 2. The Balaban J connectivity index is 2.38. The Kier molecular flexibility index (Phi) is 3.84. The maximum atomic E-state index is 11.4. The van der Waals surface area contributed by atoms with Crippen molar-refractivity contribution in [3.05, 3.63) is 18.7 Å². The molecule has 15 heavy (non-hydrogen) atoms. The predicted octanol–water partition coefficient (Wildman–Crippen LogP) is -0.0565. The highest BCUT2D eigenvalue weighted by atomic mass is 31.2. The molecule has 0 spiro atoms. The highest BCUT2D eigenvalue weighted by Crippen LogP contribution is 2.42. The minimum Gasteiger partial charge on any atom is -0.447 e. The molecule has 0 radical (unpaired) electrons. The minimum atomic E-state index is -3.93. The average Bonchev–Trinajstić information content (AvgIpc) is 2.65. The van der Waals surface area contributed by atoms with Gasteiger partial charge >= 0.3 is 13.8 Å². The Hall–Kier alpha value is -1.37. The number of rotatable bonds is 5. The summed E-state index contributed by atoms with van der Waals surface area (Å²) in [7, 11) is -3.93. The third kappa shape index (κ3) is 3.70. The third-order valence-corrected chi connectivity index (χ3v) is 2.71. The summed E-state index contributed by atoms with van der Waals surface area (Å²) in [6, 6.07) is 0. The standard InChI is InChI=1S/C6H10N3O5P/c7-6(10)13-3-4-14-15(11,12)9-2-1-8-5-9/h1-2,5H,3-4H2,(H2,7,10)(H,11,12). The van der Waals surface area contributed by atoms with Crippen LogP contribution in [0.1, 0.15) is 0 Å². The zero-order valence-electron chi connectivity index (χ0n) is 7.65. The highest BCUT2D eigenvalue weighted by molar-refractivity contribution is 7.51. The lowest BCUT2D eigenvalue weighted by Gasteiger charge is -2.11. The maximum Gasteiger partial charge on any atom is 0.437 e. The lowest BCUT2D eigenvalue weighted by molar-refractivity contribution is 0.127. The van der Waals surface area contributed by atoms with Gasteiger partial charge in [0.15, 0.2) is 0 Å². The zero-order valence-corrected chi connectivity index (χ0v) is 8.54. The fourth-order valence-corrected chi connectivity index (χ4v) is 1.63. The summed E-state index contributed by atoms with van der Waals surface area (Å²) in [5, 5.41) is 0. The molecule has 0 saturated carbocycles. The molecular weight excluding hydrogens is 225 g/mol. The molecule has 8 nitrogen and oxygen atoms in total. The van der Waals surface area contributed by atoms with Gasteiger partial charge in [0.25, 0.3) is 0 Å². The number of nitrogens with zero attached hydrogens (tertiary/aromatic N) is 2. The molecule has 1 unspecified atom stereocenters. The summed E-state index contributed by atoms with van der Waals surface area (Å²) in [5.41, 5.74) is 4.67. The van der Waals surface area contributed by atoms with Crippen molar-refractivity contribution < 1.29 is 23.5 Å². The van der Waals surface area contributed by atoms with Crippen molar-refractivity contribution in [1.29, 1.82) is 0 Å². The second kappa shape index (κ2) is 4.92. The molecule has 0 fully saturated rings. The second-order valence-electron chi connectivity index (χ2n) is 2.43. The van der Waals surface area contributed by atoms with Crippen LogP contribution < -0.4 is 5.73 Å². The molecule has 0 aliphatic rings. The molecule has 3 N–H and O–H groups in total. The van der Waals surface area contributed by atoms with Gasteiger partial charge in [0, 0.05) is 12.4 Å². The highest BCUT2D eigenvalue weighted by Gasteiger charge is 2.21. The number of hydrogen-bond acceptors (Lipinski definition) is 5. The number of ether oxygens (including phenoxy) is 1. The first-order chi connectivity index (χ1) is 7.02. The van der Waals surface area contributed by atoms with Crippen LogP contribution in [0, 0.1) is 0 Å². The van der Waals surface area contributed by atoms with Crippen LogP contribution in [0.4, 0.5) is 4.79 Å². The van der Waals surface area contributed by atoms with E-state index in [-0.39, 0.29) is 13.2 Å². The van der Waals surface area contributed by atoms with E-state index < -0.39 is 13.8 Å². The molecule has 0 aliphatic carbocycles. The lowest BCUT2D eigenvalue weighted by Crippen LogP contribution is -2.16. The third-order valence-electron chi connectivity index (χ3n) is 1.37. The SMILES string of the molecule is NC(=O)OCCOP(=O)(O)n1ccnc1. The van der Waals surface area contributed by atoms with Crippen molar-refractivity contribution in [2.24, 2.45) is 5.73 Å². The lowest BCUT2D eigenvalue weighted by atomic mass is 10.8. The first-order valence-corrected chi connectivity index (χ1v) is 5.44. The second-order valence-corrected chi connectivity index (χ2v) is 4.14. The number of primary amides is 1. The van der Waals surface area contributed by atoms with Gasteiger partial charge in [-0.15, -0.1) is 0 Å². The number of nitrogens with two attached hydrogens (primary N) is 1. The van der Waals surface area contributed by atoms with Gasteiger partial charge in [-0.2, -0.15) is 0 Å². The van der Waals surface area contributed by atoms with E-state index in [1.54, 1.807) is 0 Å². The normalized spacial score (nSPS) is 14.5. The molecule has 0 aromatic carbocycles. The summed E-state index contributed by atoms with van der Waals surface area (Å²) in [4.78, 5) is 23.1. The van der Waals surface area contributed by atoms with Crippen LogP contribution in [0.5, 0.6) is 0 Å². The van der Waals surface area contributed by atoms with Crippen molar-refractivity contribution in [1.82, 2.24) is 9.32 Å². The van der Waals surface area contributed by atoms with E-state index >= 15 is 0 Å². The Morgan fingerprint density at radius 1 is 1.60 bits per heavy atom. The van der Waals surface area contributed by atoms with E-state index in [0.717, 1.165) is 10.7 Å². The fraction of sp³-hybridized carbons (Fsp3) is 0.333. The number of imidazole rings is 1. The fourth-order valence-electron chi connectivity index (χ4n) is 0.767. The van der Waals surface area contributed by atoms with Crippen molar-refractivity contribution in [2.45, 2.75) is 0 Å².